The molecule has 0 atom stereocenters. The molecular formula is C21H20Cl2N4O5. The second kappa shape index (κ2) is 10.8. The third kappa shape index (κ3) is 6.12. The van der Waals surface area contributed by atoms with Gasteiger partial charge in [-0.05, 0) is 48.9 Å². The van der Waals surface area contributed by atoms with Crippen LogP contribution in [0.2, 0.25) is 10.0 Å². The Hall–Kier alpha value is -3.30. The number of nitrogens with one attached hydrogen (secondary N) is 2. The van der Waals surface area contributed by atoms with E-state index in [1.807, 2.05) is 6.92 Å². The van der Waals surface area contributed by atoms with Crippen LogP contribution in [0, 0.1) is 6.92 Å². The fraction of sp³-hybridized carbons (Fsp3) is 0.238. The van der Waals surface area contributed by atoms with Crippen LogP contribution in [-0.2, 0) is 4.79 Å². The van der Waals surface area contributed by atoms with E-state index in [-0.39, 0.29) is 37.3 Å². The Morgan fingerprint density at radius 3 is 2.62 bits per heavy atom. The van der Waals surface area contributed by atoms with Crippen molar-refractivity contribution in [3.63, 3.8) is 0 Å². The quantitative estimate of drug-likeness (QED) is 0.453. The van der Waals surface area contributed by atoms with E-state index in [9.17, 15) is 9.59 Å². The van der Waals surface area contributed by atoms with Gasteiger partial charge in [-0.15, -0.1) is 0 Å². The standard InChI is InChI=1S/C21H20Cl2N4O5/c1-12-9-14(4-5-16(12)23)31-11-18(28)24-7-8-25-20(29)21-26-19(27-32-21)15-10-13(22)3-6-17(15)30-2/h3-6,9-10H,7-8,11H2,1-2H3,(H,24,28)(H,25,29). The highest BCUT2D eigenvalue weighted by Crippen LogP contribution is 2.30. The molecule has 0 aliphatic carbocycles. The summed E-state index contributed by atoms with van der Waals surface area (Å²) in [6.07, 6.45) is 0. The van der Waals surface area contributed by atoms with Crippen LogP contribution in [-0.4, -0.2) is 48.8 Å². The first-order chi connectivity index (χ1) is 15.4. The number of benzene rings is 2. The van der Waals surface area contributed by atoms with Crippen LogP contribution < -0.4 is 20.1 Å². The molecule has 2 amide bonds. The summed E-state index contributed by atoms with van der Waals surface area (Å²) >= 11 is 12.0. The molecule has 0 unspecified atom stereocenters. The Balaban J connectivity index is 1.44. The van der Waals surface area contributed by atoms with E-state index in [0.717, 1.165) is 5.56 Å². The van der Waals surface area contributed by atoms with Crippen molar-refractivity contribution >= 4 is 35.0 Å². The molecule has 1 heterocycles. The molecule has 0 radical (unpaired) electrons. The molecule has 0 aliphatic rings. The van der Waals surface area contributed by atoms with Gasteiger partial charge in [0.05, 0.1) is 12.7 Å². The van der Waals surface area contributed by atoms with Gasteiger partial charge in [-0.3, -0.25) is 9.59 Å². The van der Waals surface area contributed by atoms with Crippen molar-refractivity contribution in [3.05, 3.63) is 57.9 Å². The lowest BCUT2D eigenvalue weighted by Gasteiger charge is -2.08. The second-order valence-electron chi connectivity index (χ2n) is 6.57. The predicted octanol–water partition coefficient (Wildman–Crippen LogP) is 3.29. The van der Waals surface area contributed by atoms with Crippen LogP contribution in [0.15, 0.2) is 40.9 Å². The minimum Gasteiger partial charge on any atom is -0.496 e. The van der Waals surface area contributed by atoms with Crippen LogP contribution in [0.3, 0.4) is 0 Å². The monoisotopic (exact) mass is 478 g/mol. The number of amides is 2. The van der Waals surface area contributed by atoms with Crippen LogP contribution >= 0.6 is 23.2 Å². The van der Waals surface area contributed by atoms with Crippen molar-refractivity contribution in [2.75, 3.05) is 26.8 Å². The third-order valence-corrected chi connectivity index (χ3v) is 4.91. The molecule has 168 valence electrons. The van der Waals surface area contributed by atoms with Gasteiger partial charge in [0.25, 0.3) is 5.91 Å². The number of aryl methyl sites for hydroxylation is 1. The van der Waals surface area contributed by atoms with E-state index >= 15 is 0 Å². The van der Waals surface area contributed by atoms with Gasteiger partial charge >= 0.3 is 11.8 Å². The number of rotatable bonds is 9. The highest BCUT2D eigenvalue weighted by Gasteiger charge is 2.18. The number of halogens is 2. The summed E-state index contributed by atoms with van der Waals surface area (Å²) in [6.45, 7) is 2.03. The number of aromatic nitrogens is 2. The van der Waals surface area contributed by atoms with E-state index in [0.29, 0.717) is 27.1 Å². The first kappa shape index (κ1) is 23.4. The van der Waals surface area contributed by atoms with Crippen molar-refractivity contribution in [1.82, 2.24) is 20.8 Å². The molecule has 9 nitrogen and oxygen atoms in total. The fourth-order valence-electron chi connectivity index (χ4n) is 2.64. The largest absolute Gasteiger partial charge is 0.496 e. The lowest BCUT2D eigenvalue weighted by molar-refractivity contribution is -0.123. The molecule has 0 spiro atoms. The average molecular weight is 479 g/mol. The fourth-order valence-corrected chi connectivity index (χ4v) is 2.93. The van der Waals surface area contributed by atoms with Gasteiger partial charge in [-0.2, -0.15) is 4.98 Å². The molecule has 2 N–H and O–H groups in total. The zero-order valence-corrected chi connectivity index (χ0v) is 18.8. The average Bonchev–Trinajstić information content (AvgIpc) is 3.27. The second-order valence-corrected chi connectivity index (χ2v) is 7.42. The maximum atomic E-state index is 12.2. The maximum absolute atomic E-state index is 12.2. The number of hydrogen-bond donors (Lipinski definition) is 2. The maximum Gasteiger partial charge on any atom is 0.316 e. The highest BCUT2D eigenvalue weighted by atomic mass is 35.5. The highest BCUT2D eigenvalue weighted by molar-refractivity contribution is 6.31. The smallest absolute Gasteiger partial charge is 0.316 e. The van der Waals surface area contributed by atoms with Crippen LogP contribution in [0.1, 0.15) is 16.2 Å². The summed E-state index contributed by atoms with van der Waals surface area (Å²) in [7, 11) is 1.50. The van der Waals surface area contributed by atoms with E-state index in [2.05, 4.69) is 20.8 Å². The molecule has 3 aromatic rings. The molecule has 0 bridgehead atoms. The molecular weight excluding hydrogens is 459 g/mol. The van der Waals surface area contributed by atoms with Gasteiger partial charge < -0.3 is 24.6 Å². The molecule has 1 aromatic heterocycles. The first-order valence-corrected chi connectivity index (χ1v) is 10.2. The third-order valence-electron chi connectivity index (χ3n) is 4.25. The number of nitrogens with zero attached hydrogens (tertiary/aromatic N) is 2. The SMILES string of the molecule is COc1ccc(Cl)cc1-c1noc(C(=O)NCCNC(=O)COc2ccc(Cl)c(C)c2)n1. The Kier molecular flexibility index (Phi) is 7.91. The van der Waals surface area contributed by atoms with E-state index in [1.165, 1.54) is 7.11 Å². The predicted molar refractivity (Wildman–Crippen MR) is 118 cm³/mol. The van der Waals surface area contributed by atoms with Crippen molar-refractivity contribution in [1.29, 1.82) is 0 Å². The van der Waals surface area contributed by atoms with Crippen molar-refractivity contribution in [2.24, 2.45) is 0 Å². The van der Waals surface area contributed by atoms with Gasteiger partial charge in [0.1, 0.15) is 11.5 Å². The lowest BCUT2D eigenvalue weighted by atomic mass is 10.2. The molecule has 0 fully saturated rings. The Labute approximate surface area is 194 Å². The molecule has 0 aliphatic heterocycles. The summed E-state index contributed by atoms with van der Waals surface area (Å²) in [5.74, 6) is 0.0544. The number of methoxy groups -OCH3 is 1. The number of carbonyl (C=O) groups is 2. The first-order valence-electron chi connectivity index (χ1n) is 9.49. The number of ether oxygens (including phenoxy) is 2. The summed E-state index contributed by atoms with van der Waals surface area (Å²) in [5.41, 5.74) is 1.34. The van der Waals surface area contributed by atoms with Gasteiger partial charge in [0.15, 0.2) is 6.61 Å². The van der Waals surface area contributed by atoms with Gasteiger partial charge in [-0.1, -0.05) is 28.4 Å². The zero-order valence-electron chi connectivity index (χ0n) is 17.3. The van der Waals surface area contributed by atoms with Crippen LogP contribution in [0.5, 0.6) is 11.5 Å². The topological polar surface area (TPSA) is 116 Å². The minimum atomic E-state index is -0.577. The summed E-state index contributed by atoms with van der Waals surface area (Å²) in [5, 5.41) is 10.1. The van der Waals surface area contributed by atoms with E-state index in [1.54, 1.807) is 36.4 Å². The Morgan fingerprint density at radius 2 is 1.88 bits per heavy atom. The Bertz CT molecular complexity index is 1120. The summed E-state index contributed by atoms with van der Waals surface area (Å²) < 4.78 is 15.7. The van der Waals surface area contributed by atoms with Crippen LogP contribution in [0.4, 0.5) is 0 Å². The molecule has 0 saturated carbocycles. The van der Waals surface area contributed by atoms with E-state index in [4.69, 9.17) is 37.2 Å². The minimum absolute atomic E-state index is 0.156. The summed E-state index contributed by atoms with van der Waals surface area (Å²) in [6, 6.07) is 10.1. The normalized spacial score (nSPS) is 10.5. The van der Waals surface area contributed by atoms with Gasteiger partial charge in [-0.25, -0.2) is 0 Å². The lowest BCUT2D eigenvalue weighted by Crippen LogP contribution is -2.36. The van der Waals surface area contributed by atoms with Crippen molar-refractivity contribution in [2.45, 2.75) is 6.92 Å². The van der Waals surface area contributed by atoms with Gasteiger partial charge in [0, 0.05) is 23.1 Å². The van der Waals surface area contributed by atoms with Crippen molar-refractivity contribution < 1.29 is 23.6 Å². The number of hydrogen-bond acceptors (Lipinski definition) is 7. The number of carbonyl (C=O) groups excluding carboxylic acids is 2. The zero-order chi connectivity index (χ0) is 23.1. The molecule has 32 heavy (non-hydrogen) atoms. The Morgan fingerprint density at radius 1 is 1.09 bits per heavy atom. The van der Waals surface area contributed by atoms with Gasteiger partial charge in [0.2, 0.25) is 5.82 Å². The molecule has 11 heteroatoms. The molecule has 2 aromatic carbocycles. The van der Waals surface area contributed by atoms with E-state index < -0.39 is 5.91 Å². The molecule has 0 saturated heterocycles. The van der Waals surface area contributed by atoms with Crippen molar-refractivity contribution in [3.8, 4) is 22.9 Å². The summed E-state index contributed by atoms with van der Waals surface area (Å²) in [4.78, 5) is 28.2. The van der Waals surface area contributed by atoms with Crippen LogP contribution in [0.25, 0.3) is 11.4 Å². The molecule has 3 rings (SSSR count).